The molecule has 2 rings (SSSR count). The van der Waals surface area contributed by atoms with E-state index in [1.165, 1.54) is 14.2 Å². The zero-order valence-electron chi connectivity index (χ0n) is 12.7. The summed E-state index contributed by atoms with van der Waals surface area (Å²) in [5, 5.41) is 0. The van der Waals surface area contributed by atoms with Gasteiger partial charge < -0.3 is 20.9 Å². The normalized spacial score (nSPS) is 8.96. The third kappa shape index (κ3) is 6.45. The summed E-state index contributed by atoms with van der Waals surface area (Å²) in [6.45, 7) is 0. The second-order valence-corrected chi connectivity index (χ2v) is 5.50. The van der Waals surface area contributed by atoms with Crippen molar-refractivity contribution in [1.29, 1.82) is 0 Å². The van der Waals surface area contributed by atoms with Crippen molar-refractivity contribution in [2.24, 2.45) is 0 Å². The molecule has 0 saturated heterocycles. The van der Waals surface area contributed by atoms with E-state index in [1.54, 1.807) is 42.5 Å². The highest BCUT2D eigenvalue weighted by Crippen LogP contribution is 2.16. The molecule has 2 aromatic rings. The summed E-state index contributed by atoms with van der Waals surface area (Å²) >= 11 is 2.07. The fraction of sp³-hybridized carbons (Fsp3) is 0.176. The number of carbonyl (C=O) groups is 2. The molecule has 0 atom stereocenters. The molecule has 0 saturated carbocycles. The lowest BCUT2D eigenvalue weighted by Gasteiger charge is -2.01. The molecule has 0 bridgehead atoms. The summed E-state index contributed by atoms with van der Waals surface area (Å²) in [6.07, 6.45) is 0. The highest BCUT2D eigenvalue weighted by atomic mass is 127. The summed E-state index contributed by atoms with van der Waals surface area (Å²) in [7, 11) is 2.70. The van der Waals surface area contributed by atoms with Gasteiger partial charge in [-0.05, 0) is 65.1 Å². The van der Waals surface area contributed by atoms with Crippen LogP contribution < -0.4 is 11.5 Å². The number of hydrogen-bond acceptors (Lipinski definition) is 6. The lowest BCUT2D eigenvalue weighted by molar-refractivity contribution is 0.0592. The molecule has 0 aliphatic carbocycles. The molecule has 0 aromatic heterocycles. The van der Waals surface area contributed by atoms with Crippen LogP contribution in [0.25, 0.3) is 0 Å². The van der Waals surface area contributed by atoms with Crippen LogP contribution in [-0.4, -0.2) is 26.2 Å². The fourth-order valence-electron chi connectivity index (χ4n) is 1.51. The molecule has 130 valence electrons. The van der Waals surface area contributed by atoms with Gasteiger partial charge in [0.2, 0.25) is 0 Å². The zero-order chi connectivity index (χ0) is 17.4. The Morgan fingerprint density at radius 2 is 1.33 bits per heavy atom. The van der Waals surface area contributed by atoms with Gasteiger partial charge in [-0.1, -0.05) is 7.43 Å². The van der Waals surface area contributed by atoms with E-state index < -0.39 is 0 Å². The maximum atomic E-state index is 11.0. The van der Waals surface area contributed by atoms with Crippen LogP contribution in [0, 0.1) is 3.57 Å². The van der Waals surface area contributed by atoms with Crippen molar-refractivity contribution in [2.45, 2.75) is 7.43 Å². The molecule has 0 aliphatic rings. The average Bonchev–Trinajstić information content (AvgIpc) is 2.57. The number of nitrogens with two attached hydrogens (primary N) is 2. The van der Waals surface area contributed by atoms with Crippen molar-refractivity contribution in [1.82, 2.24) is 0 Å². The van der Waals surface area contributed by atoms with Gasteiger partial charge in [0.25, 0.3) is 0 Å². The molecular weight excluding hydrogens is 423 g/mol. The minimum Gasteiger partial charge on any atom is -0.465 e. The molecule has 2 aromatic carbocycles. The van der Waals surface area contributed by atoms with Crippen molar-refractivity contribution >= 4 is 45.9 Å². The van der Waals surface area contributed by atoms with Crippen molar-refractivity contribution in [3.8, 4) is 0 Å². The standard InChI is InChI=1S/C8H8INO2.C8H9NO2.CH4/c1-12-8(11)5-2-3-7(10)6(9)4-5;1-11-8(10)6-2-4-7(9)5-3-6;/h2-4H,10H2,1H3;2-5H,9H2,1H3;1H4. The predicted octanol–water partition coefficient (Wildman–Crippen LogP) is 3.35. The van der Waals surface area contributed by atoms with Gasteiger partial charge in [-0.2, -0.15) is 0 Å². The molecule has 0 fully saturated rings. The van der Waals surface area contributed by atoms with E-state index >= 15 is 0 Å². The lowest BCUT2D eigenvalue weighted by atomic mass is 10.2. The van der Waals surface area contributed by atoms with Crippen LogP contribution in [0.2, 0.25) is 0 Å². The molecule has 0 aliphatic heterocycles. The van der Waals surface area contributed by atoms with Gasteiger partial charge in [-0.15, -0.1) is 0 Å². The predicted molar refractivity (Wildman–Crippen MR) is 104 cm³/mol. The molecule has 4 N–H and O–H groups in total. The summed E-state index contributed by atoms with van der Waals surface area (Å²) < 4.78 is 9.90. The number of anilines is 2. The van der Waals surface area contributed by atoms with Crippen molar-refractivity contribution in [3.05, 3.63) is 57.2 Å². The fourth-order valence-corrected chi connectivity index (χ4v) is 2.02. The number of benzene rings is 2. The van der Waals surface area contributed by atoms with E-state index in [9.17, 15) is 9.59 Å². The zero-order valence-corrected chi connectivity index (χ0v) is 14.9. The van der Waals surface area contributed by atoms with E-state index in [-0.39, 0.29) is 19.4 Å². The first-order valence-corrected chi connectivity index (χ1v) is 7.54. The molecule has 6 nitrogen and oxygen atoms in total. The largest absolute Gasteiger partial charge is 0.465 e. The summed E-state index contributed by atoms with van der Waals surface area (Å²) in [4.78, 5) is 21.9. The van der Waals surface area contributed by atoms with Gasteiger partial charge in [0.1, 0.15) is 0 Å². The van der Waals surface area contributed by atoms with Gasteiger partial charge in [0.05, 0.1) is 25.3 Å². The first-order chi connectivity index (χ1) is 10.9. The van der Waals surface area contributed by atoms with Gasteiger partial charge in [0.15, 0.2) is 0 Å². The van der Waals surface area contributed by atoms with Crippen LogP contribution in [-0.2, 0) is 9.47 Å². The highest BCUT2D eigenvalue weighted by Gasteiger charge is 2.06. The lowest BCUT2D eigenvalue weighted by Crippen LogP contribution is -2.02. The Balaban J connectivity index is 0.000000425. The van der Waals surface area contributed by atoms with Crippen LogP contribution >= 0.6 is 22.6 Å². The summed E-state index contributed by atoms with van der Waals surface area (Å²) in [5.74, 6) is -0.682. The van der Waals surface area contributed by atoms with E-state index in [2.05, 4.69) is 32.1 Å². The third-order valence-corrected chi connectivity index (χ3v) is 3.69. The minimum atomic E-state index is -0.343. The number of rotatable bonds is 2. The van der Waals surface area contributed by atoms with Crippen LogP contribution in [0.1, 0.15) is 28.1 Å². The second kappa shape index (κ2) is 10.5. The van der Waals surface area contributed by atoms with Crippen LogP contribution in [0.4, 0.5) is 11.4 Å². The number of carbonyl (C=O) groups excluding carboxylic acids is 2. The molecule has 7 heteroatoms. The molecule has 24 heavy (non-hydrogen) atoms. The van der Waals surface area contributed by atoms with Gasteiger partial charge in [-0.3, -0.25) is 0 Å². The number of esters is 2. The first-order valence-electron chi connectivity index (χ1n) is 6.46. The van der Waals surface area contributed by atoms with Crippen molar-refractivity contribution in [3.63, 3.8) is 0 Å². The average molecular weight is 444 g/mol. The molecule has 0 amide bonds. The number of nitrogen functional groups attached to an aromatic ring is 2. The Bertz CT molecular complexity index is 687. The van der Waals surface area contributed by atoms with Gasteiger partial charge >= 0.3 is 11.9 Å². The van der Waals surface area contributed by atoms with E-state index in [1.807, 2.05) is 0 Å². The maximum Gasteiger partial charge on any atom is 0.337 e. The van der Waals surface area contributed by atoms with Gasteiger partial charge in [-0.25, -0.2) is 9.59 Å². The number of hydrogen-bond donors (Lipinski definition) is 2. The Morgan fingerprint density at radius 3 is 1.79 bits per heavy atom. The Hall–Kier alpha value is -2.29. The summed E-state index contributed by atoms with van der Waals surface area (Å²) in [6, 6.07) is 11.6. The number of halogens is 1. The smallest absolute Gasteiger partial charge is 0.337 e. The van der Waals surface area contributed by atoms with E-state index in [0.29, 0.717) is 22.5 Å². The van der Waals surface area contributed by atoms with Gasteiger partial charge in [0, 0.05) is 14.9 Å². The molecule has 0 unspecified atom stereocenters. The highest BCUT2D eigenvalue weighted by molar-refractivity contribution is 14.1. The third-order valence-electron chi connectivity index (χ3n) is 2.75. The van der Waals surface area contributed by atoms with E-state index in [0.717, 1.165) is 3.57 Å². The van der Waals surface area contributed by atoms with Crippen LogP contribution in [0.3, 0.4) is 0 Å². The molecule has 0 heterocycles. The molecule has 0 radical (unpaired) electrons. The quantitative estimate of drug-likeness (QED) is 0.418. The maximum absolute atomic E-state index is 11.0. The molecule has 0 spiro atoms. The molecular formula is C17H21IN2O4. The second-order valence-electron chi connectivity index (χ2n) is 4.34. The SMILES string of the molecule is C.COC(=O)c1ccc(N)c(I)c1.COC(=O)c1ccc(N)cc1. The number of methoxy groups -OCH3 is 2. The van der Waals surface area contributed by atoms with Crippen LogP contribution in [0.5, 0.6) is 0 Å². The van der Waals surface area contributed by atoms with Crippen molar-refractivity contribution in [2.75, 3.05) is 25.7 Å². The topological polar surface area (TPSA) is 105 Å². The van der Waals surface area contributed by atoms with Crippen LogP contribution in [0.15, 0.2) is 42.5 Å². The Kier molecular flexibility index (Phi) is 9.48. The Morgan fingerprint density at radius 1 is 0.875 bits per heavy atom. The number of ether oxygens (including phenoxy) is 2. The van der Waals surface area contributed by atoms with E-state index in [4.69, 9.17) is 11.5 Å². The Labute approximate surface area is 155 Å². The van der Waals surface area contributed by atoms with Crippen molar-refractivity contribution < 1.29 is 19.1 Å². The first kappa shape index (κ1) is 21.7. The summed E-state index contributed by atoms with van der Waals surface area (Å²) in [5.41, 5.74) is 13.3. The minimum absolute atomic E-state index is 0. The monoisotopic (exact) mass is 444 g/mol.